The third-order valence-corrected chi connectivity index (χ3v) is 2.14. The maximum absolute atomic E-state index is 5.60. The van der Waals surface area contributed by atoms with Gasteiger partial charge in [0.25, 0.3) is 0 Å². The van der Waals surface area contributed by atoms with Crippen molar-refractivity contribution in [2.75, 3.05) is 0 Å². The van der Waals surface area contributed by atoms with E-state index in [9.17, 15) is 0 Å². The van der Waals surface area contributed by atoms with Gasteiger partial charge in [0.05, 0.1) is 5.76 Å². The quantitative estimate of drug-likeness (QED) is 0.468. The summed E-state index contributed by atoms with van der Waals surface area (Å²) in [5, 5.41) is 0. The molecule has 0 bridgehead atoms. The molecule has 0 aromatic heterocycles. The summed E-state index contributed by atoms with van der Waals surface area (Å²) >= 11 is 0. The monoisotopic (exact) mass is 172 g/mol. The molecule has 66 valence electrons. The van der Waals surface area contributed by atoms with Gasteiger partial charge >= 0.3 is 0 Å². The Balaban J connectivity index is 3.63. The Morgan fingerprint density at radius 3 is 2.36 bits per heavy atom. The minimum Gasteiger partial charge on any atom is -0.550 e. The largest absolute Gasteiger partial charge is 0.550 e. The highest BCUT2D eigenvalue weighted by molar-refractivity contribution is 6.48. The lowest BCUT2D eigenvalue weighted by molar-refractivity contribution is 0.437. The minimum atomic E-state index is -0.860. The molecule has 0 spiro atoms. The van der Waals surface area contributed by atoms with Crippen LogP contribution in [0.5, 0.6) is 0 Å². The van der Waals surface area contributed by atoms with Crippen molar-refractivity contribution in [3.63, 3.8) is 0 Å². The molecule has 0 atom stereocenters. The summed E-state index contributed by atoms with van der Waals surface area (Å²) in [5.41, 5.74) is 0. The maximum atomic E-state index is 5.60. The molecule has 0 N–H and O–H groups in total. The zero-order chi connectivity index (χ0) is 8.85. The molecular formula is C9H20OSi. The fourth-order valence-corrected chi connectivity index (χ4v) is 1.66. The van der Waals surface area contributed by atoms with Crippen molar-refractivity contribution in [3.8, 4) is 0 Å². The smallest absolute Gasteiger partial charge is 0.229 e. The molecule has 0 aliphatic heterocycles. The van der Waals surface area contributed by atoms with Gasteiger partial charge in [-0.3, -0.25) is 0 Å². The number of allylic oxidation sites excluding steroid dienone is 2. The van der Waals surface area contributed by atoms with Gasteiger partial charge in [0, 0.05) is 0 Å². The van der Waals surface area contributed by atoms with Crippen LogP contribution in [0.1, 0.15) is 27.2 Å². The first kappa shape index (κ1) is 10.8. The number of hydrogen-bond donors (Lipinski definition) is 0. The second kappa shape index (κ2) is 5.41. The Kier molecular flexibility index (Phi) is 5.29. The first-order valence-corrected chi connectivity index (χ1v) is 7.14. The Hall–Kier alpha value is -0.243. The lowest BCUT2D eigenvalue weighted by Crippen LogP contribution is -2.05. The van der Waals surface area contributed by atoms with Gasteiger partial charge in [-0.15, -0.1) is 0 Å². The van der Waals surface area contributed by atoms with E-state index < -0.39 is 9.04 Å². The summed E-state index contributed by atoms with van der Waals surface area (Å²) in [6.07, 6.45) is 3.32. The lowest BCUT2D eigenvalue weighted by Gasteiger charge is -2.09. The second-order valence-corrected chi connectivity index (χ2v) is 5.94. The molecular weight excluding hydrogens is 152 g/mol. The van der Waals surface area contributed by atoms with Crippen LogP contribution >= 0.6 is 0 Å². The standard InChI is InChI=1S/C9H20OSi/c1-8(2)6-7-9(3)10-11(4)5/h7-8,11H,6H2,1-5H3. The molecule has 0 aromatic rings. The molecule has 0 amide bonds. The van der Waals surface area contributed by atoms with Gasteiger partial charge in [0.2, 0.25) is 9.04 Å². The molecule has 2 heteroatoms. The summed E-state index contributed by atoms with van der Waals surface area (Å²) < 4.78 is 5.60. The second-order valence-electron chi connectivity index (χ2n) is 3.61. The molecule has 0 aliphatic rings. The fraction of sp³-hybridized carbons (Fsp3) is 0.778. The van der Waals surface area contributed by atoms with E-state index in [1.54, 1.807) is 0 Å². The molecule has 0 fully saturated rings. The van der Waals surface area contributed by atoms with Crippen molar-refractivity contribution in [1.82, 2.24) is 0 Å². The average molecular weight is 172 g/mol. The molecule has 0 radical (unpaired) electrons. The van der Waals surface area contributed by atoms with Crippen LogP contribution in [0.3, 0.4) is 0 Å². The highest BCUT2D eigenvalue weighted by Crippen LogP contribution is 2.05. The number of hydrogen-bond acceptors (Lipinski definition) is 1. The predicted molar refractivity (Wildman–Crippen MR) is 53.2 cm³/mol. The van der Waals surface area contributed by atoms with Gasteiger partial charge in [-0.2, -0.15) is 0 Å². The average Bonchev–Trinajstić information content (AvgIpc) is 1.82. The normalized spacial score (nSPS) is 12.8. The highest BCUT2D eigenvalue weighted by Gasteiger charge is 1.96. The fourth-order valence-electron chi connectivity index (χ4n) is 0.822. The van der Waals surface area contributed by atoms with E-state index >= 15 is 0 Å². The van der Waals surface area contributed by atoms with Gasteiger partial charge in [-0.25, -0.2) is 0 Å². The summed E-state index contributed by atoms with van der Waals surface area (Å²) in [6, 6.07) is 0. The third-order valence-electron chi connectivity index (χ3n) is 1.30. The van der Waals surface area contributed by atoms with Crippen molar-refractivity contribution in [2.45, 2.75) is 40.3 Å². The van der Waals surface area contributed by atoms with Crippen LogP contribution in [-0.4, -0.2) is 9.04 Å². The molecule has 11 heavy (non-hydrogen) atoms. The summed E-state index contributed by atoms with van der Waals surface area (Å²) in [4.78, 5) is 0. The van der Waals surface area contributed by atoms with Crippen molar-refractivity contribution >= 4 is 9.04 Å². The highest BCUT2D eigenvalue weighted by atomic mass is 28.3. The van der Waals surface area contributed by atoms with E-state index in [1.807, 2.05) is 0 Å². The van der Waals surface area contributed by atoms with E-state index in [0.29, 0.717) is 0 Å². The van der Waals surface area contributed by atoms with Crippen LogP contribution in [0, 0.1) is 5.92 Å². The number of rotatable bonds is 4. The van der Waals surface area contributed by atoms with Crippen molar-refractivity contribution in [1.29, 1.82) is 0 Å². The van der Waals surface area contributed by atoms with Gasteiger partial charge in [0.15, 0.2) is 0 Å². The van der Waals surface area contributed by atoms with Crippen LogP contribution < -0.4 is 0 Å². The van der Waals surface area contributed by atoms with Crippen LogP contribution in [-0.2, 0) is 4.43 Å². The van der Waals surface area contributed by atoms with Crippen LogP contribution in [0.4, 0.5) is 0 Å². The molecule has 0 unspecified atom stereocenters. The van der Waals surface area contributed by atoms with Gasteiger partial charge in [-0.05, 0) is 38.4 Å². The van der Waals surface area contributed by atoms with Crippen LogP contribution in [0.2, 0.25) is 13.1 Å². The first-order valence-electron chi connectivity index (χ1n) is 4.35. The van der Waals surface area contributed by atoms with E-state index in [2.05, 4.69) is 39.9 Å². The Labute approximate surface area is 72.2 Å². The zero-order valence-corrected chi connectivity index (χ0v) is 9.50. The Bertz CT molecular complexity index is 128. The van der Waals surface area contributed by atoms with E-state index in [4.69, 9.17) is 4.43 Å². The molecule has 0 rings (SSSR count). The first-order chi connectivity index (χ1) is 5.02. The topological polar surface area (TPSA) is 9.23 Å². The Morgan fingerprint density at radius 2 is 2.00 bits per heavy atom. The summed E-state index contributed by atoms with van der Waals surface area (Å²) in [7, 11) is -0.860. The molecule has 0 heterocycles. The van der Waals surface area contributed by atoms with Gasteiger partial charge in [-0.1, -0.05) is 13.8 Å². The summed E-state index contributed by atoms with van der Waals surface area (Å²) in [6.45, 7) is 10.9. The summed E-state index contributed by atoms with van der Waals surface area (Å²) in [5.74, 6) is 1.85. The van der Waals surface area contributed by atoms with Crippen molar-refractivity contribution in [2.24, 2.45) is 5.92 Å². The Morgan fingerprint density at radius 1 is 1.45 bits per heavy atom. The van der Waals surface area contributed by atoms with E-state index in [1.165, 1.54) is 0 Å². The molecule has 0 aliphatic carbocycles. The maximum Gasteiger partial charge on any atom is 0.229 e. The molecule has 1 nitrogen and oxygen atoms in total. The van der Waals surface area contributed by atoms with Gasteiger partial charge in [0.1, 0.15) is 0 Å². The molecule has 0 saturated carbocycles. The zero-order valence-electron chi connectivity index (χ0n) is 8.35. The van der Waals surface area contributed by atoms with Crippen molar-refractivity contribution in [3.05, 3.63) is 11.8 Å². The molecule has 0 aromatic carbocycles. The third kappa shape index (κ3) is 7.66. The van der Waals surface area contributed by atoms with Crippen LogP contribution in [0.15, 0.2) is 11.8 Å². The SMILES string of the molecule is CC(=CCC(C)C)O[SiH](C)C. The predicted octanol–water partition coefficient (Wildman–Crippen LogP) is 2.94. The minimum absolute atomic E-state index is 0.738. The van der Waals surface area contributed by atoms with E-state index in [-0.39, 0.29) is 0 Å². The van der Waals surface area contributed by atoms with Gasteiger partial charge < -0.3 is 4.43 Å². The van der Waals surface area contributed by atoms with E-state index in [0.717, 1.165) is 18.1 Å². The lowest BCUT2D eigenvalue weighted by atomic mass is 10.1. The van der Waals surface area contributed by atoms with Crippen LogP contribution in [0.25, 0.3) is 0 Å². The molecule has 0 saturated heterocycles. The van der Waals surface area contributed by atoms with Crippen molar-refractivity contribution < 1.29 is 4.43 Å².